The maximum atomic E-state index is 11.6. The van der Waals surface area contributed by atoms with Crippen LogP contribution in [0.4, 0.5) is 0 Å². The number of carbonyl (C=O) groups is 4. The van der Waals surface area contributed by atoms with Crippen LogP contribution in [0.25, 0.3) is 0 Å². The molecule has 2 heterocycles. The van der Waals surface area contributed by atoms with Gasteiger partial charge in [-0.3, -0.25) is 9.59 Å². The Morgan fingerprint density at radius 1 is 0.912 bits per heavy atom. The molecule has 0 aliphatic carbocycles. The topological polar surface area (TPSA) is 137 Å². The first-order chi connectivity index (χ1) is 16.2. The molecule has 10 nitrogen and oxygen atoms in total. The second kappa shape index (κ2) is 15.6. The number of aromatic nitrogens is 2. The SMILES string of the molecule is CCOC(=O)c1cc(Br)c(Cl)c(CNC=O)n1.CCOC(=O)c1nc(CNC=O)cc(Br)c1Cl. The molecule has 0 aromatic carbocycles. The molecule has 0 aliphatic rings. The number of nitrogens with zero attached hydrogens (tertiary/aromatic N) is 2. The van der Waals surface area contributed by atoms with Gasteiger partial charge in [-0.2, -0.15) is 0 Å². The van der Waals surface area contributed by atoms with E-state index in [1.54, 1.807) is 19.9 Å². The highest BCUT2D eigenvalue weighted by molar-refractivity contribution is 9.10. The van der Waals surface area contributed by atoms with Crippen molar-refractivity contribution < 1.29 is 28.7 Å². The van der Waals surface area contributed by atoms with Crippen LogP contribution in [0.5, 0.6) is 0 Å². The zero-order valence-corrected chi connectivity index (χ0v) is 22.7. The molecule has 0 unspecified atom stereocenters. The summed E-state index contributed by atoms with van der Waals surface area (Å²) < 4.78 is 10.7. The zero-order chi connectivity index (χ0) is 25.7. The summed E-state index contributed by atoms with van der Waals surface area (Å²) in [5.41, 5.74) is 1.09. The minimum absolute atomic E-state index is 0.0330. The molecule has 2 amide bonds. The summed E-state index contributed by atoms with van der Waals surface area (Å²) in [5, 5.41) is 5.43. The normalized spacial score (nSPS) is 9.82. The number of carbonyl (C=O) groups excluding carboxylic acids is 4. The molecular formula is C20H20Br2Cl2N4O6. The maximum Gasteiger partial charge on any atom is 0.358 e. The Bertz CT molecular complexity index is 1040. The van der Waals surface area contributed by atoms with Crippen molar-refractivity contribution in [2.45, 2.75) is 26.9 Å². The first kappa shape index (κ1) is 29.8. The number of nitrogens with one attached hydrogen (secondary N) is 2. The van der Waals surface area contributed by atoms with Crippen molar-refractivity contribution in [3.8, 4) is 0 Å². The van der Waals surface area contributed by atoms with Crippen molar-refractivity contribution in [3.63, 3.8) is 0 Å². The molecule has 0 spiro atoms. The summed E-state index contributed by atoms with van der Waals surface area (Å²) in [4.78, 5) is 51.5. The summed E-state index contributed by atoms with van der Waals surface area (Å²) in [7, 11) is 0. The molecule has 0 fully saturated rings. The van der Waals surface area contributed by atoms with Crippen molar-refractivity contribution in [2.75, 3.05) is 13.2 Å². The molecule has 0 aliphatic heterocycles. The van der Waals surface area contributed by atoms with Gasteiger partial charge in [-0.15, -0.1) is 0 Å². The van der Waals surface area contributed by atoms with Gasteiger partial charge < -0.3 is 20.1 Å². The third-order valence-electron chi connectivity index (χ3n) is 3.62. The quantitative estimate of drug-likeness (QED) is 0.295. The Balaban J connectivity index is 0.000000340. The summed E-state index contributed by atoms with van der Waals surface area (Å²) in [6.07, 6.45) is 1.08. The number of halogens is 4. The second-order valence-corrected chi connectivity index (χ2v) is 8.41. The average molecular weight is 643 g/mol. The van der Waals surface area contributed by atoms with Crippen LogP contribution >= 0.6 is 55.1 Å². The Morgan fingerprint density at radius 2 is 1.47 bits per heavy atom. The van der Waals surface area contributed by atoms with Gasteiger partial charge in [0.1, 0.15) is 5.69 Å². The molecule has 0 saturated carbocycles. The average Bonchev–Trinajstić information content (AvgIpc) is 2.81. The van der Waals surface area contributed by atoms with Crippen molar-refractivity contribution in [1.29, 1.82) is 0 Å². The number of amides is 2. The highest BCUT2D eigenvalue weighted by Crippen LogP contribution is 2.27. The van der Waals surface area contributed by atoms with Crippen molar-refractivity contribution in [1.82, 2.24) is 20.6 Å². The van der Waals surface area contributed by atoms with E-state index in [1.165, 1.54) is 6.07 Å². The Labute approximate surface area is 222 Å². The van der Waals surface area contributed by atoms with Crippen molar-refractivity contribution in [3.05, 3.63) is 53.9 Å². The van der Waals surface area contributed by atoms with Gasteiger partial charge in [0.2, 0.25) is 12.8 Å². The molecule has 2 aromatic rings. The van der Waals surface area contributed by atoms with Gasteiger partial charge in [-0.05, 0) is 57.8 Å². The van der Waals surface area contributed by atoms with Crippen molar-refractivity contribution in [2.24, 2.45) is 0 Å². The van der Waals surface area contributed by atoms with Crippen LogP contribution < -0.4 is 10.6 Å². The van der Waals surface area contributed by atoms with Gasteiger partial charge in [-0.25, -0.2) is 19.6 Å². The summed E-state index contributed by atoms with van der Waals surface area (Å²) in [5.74, 6) is -1.12. The number of esters is 2. The maximum absolute atomic E-state index is 11.6. The largest absolute Gasteiger partial charge is 0.461 e. The smallest absolute Gasteiger partial charge is 0.358 e. The molecule has 2 N–H and O–H groups in total. The standard InChI is InChI=1S/2C10H10BrClN2O3/c1-2-17-10(16)7-3-6(11)9(12)8(14-7)4-13-5-15;1-2-17-10(16)9-8(12)7(11)3-6(14-9)4-13-5-15/h2*3,5H,2,4H2,1H3,(H,13,15). The van der Waals surface area contributed by atoms with Gasteiger partial charge in [-0.1, -0.05) is 23.2 Å². The molecule has 34 heavy (non-hydrogen) atoms. The van der Waals surface area contributed by atoms with E-state index >= 15 is 0 Å². The summed E-state index contributed by atoms with van der Waals surface area (Å²) >= 11 is 18.3. The lowest BCUT2D eigenvalue weighted by Crippen LogP contribution is -2.15. The minimum atomic E-state index is -0.592. The number of hydrogen-bond acceptors (Lipinski definition) is 8. The van der Waals surface area contributed by atoms with Crippen molar-refractivity contribution >= 4 is 79.8 Å². The molecule has 14 heteroatoms. The second-order valence-electron chi connectivity index (χ2n) is 5.95. The molecule has 0 atom stereocenters. The van der Waals surface area contributed by atoms with Crippen LogP contribution in [-0.4, -0.2) is 47.9 Å². The molecular weight excluding hydrogens is 623 g/mol. The Hall–Kier alpha value is -2.28. The first-order valence-corrected chi connectivity index (χ1v) is 11.9. The molecule has 2 rings (SSSR count). The Kier molecular flexibility index (Phi) is 13.6. The van der Waals surface area contributed by atoms with Crippen LogP contribution in [0.2, 0.25) is 10.0 Å². The fourth-order valence-electron chi connectivity index (χ4n) is 2.23. The van der Waals surface area contributed by atoms with Gasteiger partial charge in [0.15, 0.2) is 5.69 Å². The minimum Gasteiger partial charge on any atom is -0.461 e. The van der Waals surface area contributed by atoms with E-state index in [1.807, 2.05) is 0 Å². The van der Waals surface area contributed by atoms with E-state index in [9.17, 15) is 19.2 Å². The van der Waals surface area contributed by atoms with E-state index in [-0.39, 0.29) is 42.7 Å². The Morgan fingerprint density at radius 3 is 2.06 bits per heavy atom. The molecule has 0 saturated heterocycles. The molecule has 0 bridgehead atoms. The van der Waals surface area contributed by atoms with Crippen LogP contribution in [0.1, 0.15) is 46.2 Å². The number of ether oxygens (including phenoxy) is 2. The lowest BCUT2D eigenvalue weighted by Gasteiger charge is -2.07. The fraction of sp³-hybridized carbons (Fsp3) is 0.300. The van der Waals surface area contributed by atoms with Crippen LogP contribution in [0, 0.1) is 0 Å². The van der Waals surface area contributed by atoms with Crippen LogP contribution in [0.15, 0.2) is 21.1 Å². The zero-order valence-electron chi connectivity index (χ0n) is 18.0. The fourth-order valence-corrected chi connectivity index (χ4v) is 3.47. The van der Waals surface area contributed by atoms with Gasteiger partial charge in [0.25, 0.3) is 0 Å². The third-order valence-corrected chi connectivity index (χ3v) is 6.13. The lowest BCUT2D eigenvalue weighted by molar-refractivity contribution is -0.110. The van der Waals surface area contributed by atoms with E-state index in [4.69, 9.17) is 32.7 Å². The lowest BCUT2D eigenvalue weighted by atomic mass is 10.3. The van der Waals surface area contributed by atoms with Gasteiger partial charge >= 0.3 is 11.9 Å². The number of rotatable bonds is 10. The van der Waals surface area contributed by atoms with Crippen LogP contribution in [0.3, 0.4) is 0 Å². The van der Waals surface area contributed by atoms with E-state index in [0.717, 1.165) is 0 Å². The monoisotopic (exact) mass is 640 g/mol. The number of hydrogen-bond donors (Lipinski definition) is 2. The van der Waals surface area contributed by atoms with E-state index in [0.29, 0.717) is 38.2 Å². The molecule has 184 valence electrons. The summed E-state index contributed by atoms with van der Waals surface area (Å²) in [6, 6.07) is 3.10. The predicted molar refractivity (Wildman–Crippen MR) is 132 cm³/mol. The van der Waals surface area contributed by atoms with E-state index in [2.05, 4.69) is 52.5 Å². The molecule has 2 aromatic heterocycles. The van der Waals surface area contributed by atoms with E-state index < -0.39 is 11.9 Å². The first-order valence-electron chi connectivity index (χ1n) is 9.58. The van der Waals surface area contributed by atoms with Crippen LogP contribution in [-0.2, 0) is 32.2 Å². The molecule has 0 radical (unpaired) electrons. The van der Waals surface area contributed by atoms with Gasteiger partial charge in [0, 0.05) is 8.95 Å². The predicted octanol–water partition coefficient (Wildman–Crippen LogP) is 3.84. The summed E-state index contributed by atoms with van der Waals surface area (Å²) in [6.45, 7) is 4.27. The highest BCUT2D eigenvalue weighted by Gasteiger charge is 2.17. The number of pyridine rings is 2. The highest BCUT2D eigenvalue weighted by atomic mass is 79.9. The van der Waals surface area contributed by atoms with Gasteiger partial charge in [0.05, 0.1) is 47.7 Å². The third kappa shape index (κ3) is 9.16.